The van der Waals surface area contributed by atoms with Gasteiger partial charge in [0.2, 0.25) is 0 Å². The van der Waals surface area contributed by atoms with Gasteiger partial charge >= 0.3 is 0 Å². The summed E-state index contributed by atoms with van der Waals surface area (Å²) in [6, 6.07) is 2.17. The Morgan fingerprint density at radius 2 is 2.21 bits per heavy atom. The average Bonchev–Trinajstić information content (AvgIpc) is 2.46. The first-order chi connectivity index (χ1) is 9.25. The largest absolute Gasteiger partial charge is 0.486 e. The van der Waals surface area contributed by atoms with Crippen molar-refractivity contribution in [1.82, 2.24) is 5.32 Å². The number of ether oxygens (including phenoxy) is 2. The minimum Gasteiger partial charge on any atom is -0.486 e. The third-order valence-corrected chi connectivity index (χ3v) is 4.99. The molecule has 1 N–H and O–H groups in total. The van der Waals surface area contributed by atoms with Crippen LogP contribution in [0.3, 0.4) is 0 Å². The van der Waals surface area contributed by atoms with Gasteiger partial charge in [-0.3, -0.25) is 0 Å². The third-order valence-electron chi connectivity index (χ3n) is 4.03. The lowest BCUT2D eigenvalue weighted by Crippen LogP contribution is -2.31. The molecule has 0 aromatic heterocycles. The third kappa shape index (κ3) is 2.75. The Balaban J connectivity index is 1.86. The number of halogens is 1. The quantitative estimate of drug-likeness (QED) is 0.906. The molecule has 1 aromatic rings. The zero-order valence-electron chi connectivity index (χ0n) is 11.3. The molecule has 0 spiro atoms. The van der Waals surface area contributed by atoms with Crippen LogP contribution in [0.15, 0.2) is 10.5 Å². The summed E-state index contributed by atoms with van der Waals surface area (Å²) >= 11 is 3.66. The summed E-state index contributed by atoms with van der Waals surface area (Å²) in [7, 11) is 0. The van der Waals surface area contributed by atoms with Crippen LogP contribution in [0.5, 0.6) is 11.5 Å². The molecule has 2 aliphatic heterocycles. The molecule has 2 aliphatic rings. The van der Waals surface area contributed by atoms with Crippen LogP contribution in [-0.2, 0) is 6.42 Å². The summed E-state index contributed by atoms with van der Waals surface area (Å²) < 4.78 is 12.5. The predicted molar refractivity (Wildman–Crippen MR) is 79.2 cm³/mol. The smallest absolute Gasteiger partial charge is 0.175 e. The van der Waals surface area contributed by atoms with E-state index in [0.29, 0.717) is 13.2 Å². The van der Waals surface area contributed by atoms with Crippen molar-refractivity contribution in [1.29, 1.82) is 0 Å². The summed E-state index contributed by atoms with van der Waals surface area (Å²) in [5, 5.41) is 3.48. The molecule has 1 unspecified atom stereocenters. The fourth-order valence-electron chi connectivity index (χ4n) is 2.91. The van der Waals surface area contributed by atoms with Gasteiger partial charge in [-0.05, 0) is 78.3 Å². The second kappa shape index (κ2) is 5.71. The molecule has 3 rings (SSSR count). The molecule has 3 nitrogen and oxygen atoms in total. The average molecular weight is 326 g/mol. The van der Waals surface area contributed by atoms with E-state index in [2.05, 4.69) is 34.2 Å². The van der Waals surface area contributed by atoms with Gasteiger partial charge in [-0.1, -0.05) is 0 Å². The van der Waals surface area contributed by atoms with Crippen molar-refractivity contribution < 1.29 is 9.47 Å². The van der Waals surface area contributed by atoms with Gasteiger partial charge in [0.25, 0.3) is 0 Å². The molecule has 0 bridgehead atoms. The van der Waals surface area contributed by atoms with E-state index in [1.807, 2.05) is 0 Å². The second-order valence-electron chi connectivity index (χ2n) is 5.42. The maximum Gasteiger partial charge on any atom is 0.175 e. The summed E-state index contributed by atoms with van der Waals surface area (Å²) in [6.45, 7) is 5.74. The van der Waals surface area contributed by atoms with Crippen LogP contribution in [-0.4, -0.2) is 26.3 Å². The zero-order valence-corrected chi connectivity index (χ0v) is 12.9. The van der Waals surface area contributed by atoms with Crippen molar-refractivity contribution >= 4 is 15.9 Å². The maximum absolute atomic E-state index is 5.72. The molecular formula is C15H20BrNO2. The Labute approximate surface area is 122 Å². The molecule has 1 atom stereocenters. The second-order valence-corrected chi connectivity index (χ2v) is 6.21. The van der Waals surface area contributed by atoms with Crippen molar-refractivity contribution in [2.24, 2.45) is 5.92 Å². The maximum atomic E-state index is 5.72. The van der Waals surface area contributed by atoms with Crippen LogP contribution in [0.1, 0.15) is 24.0 Å². The minimum absolute atomic E-state index is 0.636. The van der Waals surface area contributed by atoms with E-state index < -0.39 is 0 Å². The van der Waals surface area contributed by atoms with Gasteiger partial charge in [-0.15, -0.1) is 0 Å². The number of piperidine rings is 1. The Bertz CT molecular complexity index is 470. The van der Waals surface area contributed by atoms with Gasteiger partial charge in [0.15, 0.2) is 11.5 Å². The predicted octanol–water partition coefficient (Wildman–Crippen LogP) is 3.07. The highest BCUT2D eigenvalue weighted by Gasteiger charge is 2.21. The number of hydrogen-bond acceptors (Lipinski definition) is 3. The topological polar surface area (TPSA) is 30.5 Å². The number of nitrogens with one attached hydrogen (secondary N) is 1. The van der Waals surface area contributed by atoms with Gasteiger partial charge in [0.1, 0.15) is 13.2 Å². The molecule has 0 aliphatic carbocycles. The molecule has 2 heterocycles. The highest BCUT2D eigenvalue weighted by Crippen LogP contribution is 2.42. The Kier molecular flexibility index (Phi) is 3.99. The van der Waals surface area contributed by atoms with Crippen LogP contribution >= 0.6 is 15.9 Å². The molecular weight excluding hydrogens is 306 g/mol. The van der Waals surface area contributed by atoms with E-state index in [1.54, 1.807) is 0 Å². The lowest BCUT2D eigenvalue weighted by molar-refractivity contribution is 0.170. The van der Waals surface area contributed by atoms with Crippen LogP contribution in [0, 0.1) is 12.8 Å². The summed E-state index contributed by atoms with van der Waals surface area (Å²) in [5.74, 6) is 2.50. The first-order valence-electron chi connectivity index (χ1n) is 7.04. The van der Waals surface area contributed by atoms with Crippen molar-refractivity contribution in [2.75, 3.05) is 26.3 Å². The summed E-state index contributed by atoms with van der Waals surface area (Å²) in [4.78, 5) is 0. The number of benzene rings is 1. The molecule has 19 heavy (non-hydrogen) atoms. The Morgan fingerprint density at radius 1 is 1.37 bits per heavy atom. The van der Waals surface area contributed by atoms with Crippen LogP contribution in [0.4, 0.5) is 0 Å². The van der Waals surface area contributed by atoms with Crippen LogP contribution in [0.2, 0.25) is 0 Å². The Morgan fingerprint density at radius 3 is 3.00 bits per heavy atom. The van der Waals surface area contributed by atoms with E-state index in [4.69, 9.17) is 9.47 Å². The first-order valence-corrected chi connectivity index (χ1v) is 7.83. The molecule has 1 saturated heterocycles. The van der Waals surface area contributed by atoms with E-state index in [9.17, 15) is 0 Å². The molecule has 0 amide bonds. The number of fused-ring (bicyclic) bond motifs is 1. The number of hydrogen-bond donors (Lipinski definition) is 1. The first kappa shape index (κ1) is 13.3. The normalized spacial score (nSPS) is 22.3. The Hall–Kier alpha value is -0.740. The molecule has 1 fully saturated rings. The fraction of sp³-hybridized carbons (Fsp3) is 0.600. The van der Waals surface area contributed by atoms with Gasteiger partial charge in [0.05, 0.1) is 4.47 Å². The van der Waals surface area contributed by atoms with Crippen molar-refractivity contribution in [3.8, 4) is 11.5 Å². The van der Waals surface area contributed by atoms with Gasteiger partial charge < -0.3 is 14.8 Å². The van der Waals surface area contributed by atoms with Gasteiger partial charge in [-0.25, -0.2) is 0 Å². The van der Waals surface area contributed by atoms with E-state index in [0.717, 1.165) is 34.9 Å². The van der Waals surface area contributed by atoms with Crippen LogP contribution < -0.4 is 14.8 Å². The SMILES string of the molecule is Cc1c(CC2CCCNC2)cc2c(c1Br)OCCO2. The highest BCUT2D eigenvalue weighted by atomic mass is 79.9. The zero-order chi connectivity index (χ0) is 13.2. The summed E-state index contributed by atoms with van der Waals surface area (Å²) in [6.07, 6.45) is 3.72. The van der Waals surface area contributed by atoms with E-state index in [1.165, 1.54) is 30.5 Å². The number of rotatable bonds is 2. The van der Waals surface area contributed by atoms with Crippen LogP contribution in [0.25, 0.3) is 0 Å². The lowest BCUT2D eigenvalue weighted by atomic mass is 9.90. The molecule has 1 aromatic carbocycles. The minimum atomic E-state index is 0.636. The standard InChI is InChI=1S/C15H20BrNO2/c1-10-12(7-11-3-2-4-17-9-11)8-13-15(14(10)16)19-6-5-18-13/h8,11,17H,2-7,9H2,1H3. The highest BCUT2D eigenvalue weighted by molar-refractivity contribution is 9.10. The monoisotopic (exact) mass is 325 g/mol. The van der Waals surface area contributed by atoms with Crippen molar-refractivity contribution in [3.63, 3.8) is 0 Å². The van der Waals surface area contributed by atoms with Gasteiger partial charge in [0, 0.05) is 0 Å². The molecule has 104 valence electrons. The summed E-state index contributed by atoms with van der Waals surface area (Å²) in [5.41, 5.74) is 2.67. The lowest BCUT2D eigenvalue weighted by Gasteiger charge is -2.26. The van der Waals surface area contributed by atoms with E-state index >= 15 is 0 Å². The van der Waals surface area contributed by atoms with E-state index in [-0.39, 0.29) is 0 Å². The molecule has 4 heteroatoms. The molecule has 0 radical (unpaired) electrons. The van der Waals surface area contributed by atoms with Gasteiger partial charge in [-0.2, -0.15) is 0 Å². The fourth-order valence-corrected chi connectivity index (χ4v) is 3.47. The molecule has 0 saturated carbocycles. The van der Waals surface area contributed by atoms with Crippen molar-refractivity contribution in [3.05, 3.63) is 21.7 Å². The van der Waals surface area contributed by atoms with Crippen molar-refractivity contribution in [2.45, 2.75) is 26.2 Å².